The lowest BCUT2D eigenvalue weighted by Gasteiger charge is -2.35. The summed E-state index contributed by atoms with van der Waals surface area (Å²) in [6.07, 6.45) is 0. The van der Waals surface area contributed by atoms with Crippen LogP contribution in [0, 0.1) is 5.82 Å². The maximum atomic E-state index is 13.7. The Hall–Kier alpha value is -1.86. The molecule has 0 radical (unpaired) electrons. The van der Waals surface area contributed by atoms with E-state index in [1.807, 2.05) is 24.3 Å². The predicted octanol–water partition coefficient (Wildman–Crippen LogP) is 3.94. The molecule has 0 saturated carbocycles. The number of hydrogen-bond donors (Lipinski definition) is 1. The van der Waals surface area contributed by atoms with Gasteiger partial charge < -0.3 is 14.8 Å². The summed E-state index contributed by atoms with van der Waals surface area (Å²) in [5.74, 6) is -0.375. The number of benzene rings is 2. The number of carbonyl (C=O) groups excluding carboxylic acids is 1. The van der Waals surface area contributed by atoms with Gasteiger partial charge in [-0.05, 0) is 29.8 Å². The number of methoxy groups -OCH3 is 1. The summed E-state index contributed by atoms with van der Waals surface area (Å²) in [7, 11) is 1.61. The highest BCUT2D eigenvalue weighted by molar-refractivity contribution is 6.36. The lowest BCUT2D eigenvalue weighted by Crippen LogP contribution is -2.43. The fourth-order valence-electron chi connectivity index (χ4n) is 3.15. The predicted molar refractivity (Wildman–Crippen MR) is 107 cm³/mol. The van der Waals surface area contributed by atoms with E-state index in [2.05, 4.69) is 10.2 Å². The van der Waals surface area contributed by atoms with E-state index in [1.165, 1.54) is 6.07 Å². The van der Waals surface area contributed by atoms with Gasteiger partial charge in [0.25, 0.3) is 5.91 Å². The third-order valence-corrected chi connectivity index (χ3v) is 5.30. The first-order valence-electron chi connectivity index (χ1n) is 8.88. The van der Waals surface area contributed by atoms with Crippen LogP contribution in [0.4, 0.5) is 4.39 Å². The Morgan fingerprint density at radius 1 is 1.21 bits per heavy atom. The van der Waals surface area contributed by atoms with Crippen molar-refractivity contribution in [3.05, 3.63) is 63.4 Å². The SMILES string of the molecule is COc1ccc([C@@H](CNC(=O)c2cc(F)c(Cl)cc2Cl)N2CCOCC2)cc1. The summed E-state index contributed by atoms with van der Waals surface area (Å²) < 4.78 is 24.4. The Bertz CT molecular complexity index is 827. The summed E-state index contributed by atoms with van der Waals surface area (Å²) in [5.41, 5.74) is 1.09. The van der Waals surface area contributed by atoms with Crippen LogP contribution >= 0.6 is 23.2 Å². The molecule has 1 amide bonds. The zero-order valence-corrected chi connectivity index (χ0v) is 16.9. The zero-order valence-electron chi connectivity index (χ0n) is 15.4. The highest BCUT2D eigenvalue weighted by atomic mass is 35.5. The molecule has 1 N–H and O–H groups in total. The zero-order chi connectivity index (χ0) is 20.1. The van der Waals surface area contributed by atoms with Crippen LogP contribution in [0.5, 0.6) is 5.75 Å². The Kier molecular flexibility index (Phi) is 7.13. The van der Waals surface area contributed by atoms with E-state index < -0.39 is 11.7 Å². The molecule has 0 aliphatic carbocycles. The van der Waals surface area contributed by atoms with Crippen molar-refractivity contribution in [2.45, 2.75) is 6.04 Å². The highest BCUT2D eigenvalue weighted by Gasteiger charge is 2.24. The second-order valence-corrected chi connectivity index (χ2v) is 7.21. The largest absolute Gasteiger partial charge is 0.497 e. The number of carbonyl (C=O) groups is 1. The van der Waals surface area contributed by atoms with E-state index in [-0.39, 0.29) is 21.7 Å². The first-order valence-corrected chi connectivity index (χ1v) is 9.63. The van der Waals surface area contributed by atoms with Crippen molar-refractivity contribution in [1.29, 1.82) is 0 Å². The maximum absolute atomic E-state index is 13.7. The molecule has 3 rings (SSSR count). The third kappa shape index (κ3) is 4.94. The van der Waals surface area contributed by atoms with E-state index in [0.29, 0.717) is 19.8 Å². The van der Waals surface area contributed by atoms with Crippen molar-refractivity contribution in [2.75, 3.05) is 40.0 Å². The van der Waals surface area contributed by atoms with Crippen LogP contribution in [0.2, 0.25) is 10.0 Å². The molecule has 1 atom stereocenters. The number of morpholine rings is 1. The highest BCUT2D eigenvalue weighted by Crippen LogP contribution is 2.26. The molecule has 1 aliphatic rings. The van der Waals surface area contributed by atoms with Gasteiger partial charge in [-0.1, -0.05) is 35.3 Å². The van der Waals surface area contributed by atoms with Crippen molar-refractivity contribution in [1.82, 2.24) is 10.2 Å². The Labute approximate surface area is 173 Å². The Morgan fingerprint density at radius 2 is 1.89 bits per heavy atom. The summed E-state index contributed by atoms with van der Waals surface area (Å²) >= 11 is 11.8. The second kappa shape index (κ2) is 9.56. The van der Waals surface area contributed by atoms with Crippen LogP contribution < -0.4 is 10.1 Å². The molecule has 1 heterocycles. The molecule has 5 nitrogen and oxygen atoms in total. The minimum absolute atomic E-state index is 0.0547. The molecule has 2 aromatic rings. The van der Waals surface area contributed by atoms with Crippen molar-refractivity contribution >= 4 is 29.1 Å². The number of hydrogen-bond acceptors (Lipinski definition) is 4. The molecule has 1 aliphatic heterocycles. The molecule has 2 aromatic carbocycles. The first kappa shape index (κ1) is 20.9. The van der Waals surface area contributed by atoms with Crippen LogP contribution in [0.3, 0.4) is 0 Å². The van der Waals surface area contributed by atoms with Gasteiger partial charge in [0.05, 0.1) is 42.0 Å². The molecule has 1 fully saturated rings. The summed E-state index contributed by atoms with van der Waals surface area (Å²) in [5, 5.41) is 2.85. The molecular formula is C20H21Cl2FN2O3. The number of ether oxygens (including phenoxy) is 2. The standard InChI is InChI=1S/C20H21Cl2FN2O3/c1-27-14-4-2-13(3-5-14)19(25-6-8-28-9-7-25)12-24-20(26)15-10-18(23)17(22)11-16(15)21/h2-5,10-11,19H,6-9,12H2,1H3,(H,24,26)/t19-/m1/s1. The Balaban J connectivity index is 1.77. The average Bonchev–Trinajstić information content (AvgIpc) is 2.72. The third-order valence-electron chi connectivity index (χ3n) is 4.70. The quantitative estimate of drug-likeness (QED) is 0.710. The lowest BCUT2D eigenvalue weighted by atomic mass is 10.0. The van der Waals surface area contributed by atoms with Gasteiger partial charge in [0.1, 0.15) is 11.6 Å². The minimum atomic E-state index is -0.684. The molecule has 0 unspecified atom stereocenters. The molecule has 0 aromatic heterocycles. The number of halogens is 3. The maximum Gasteiger partial charge on any atom is 0.252 e. The topological polar surface area (TPSA) is 50.8 Å². The van der Waals surface area contributed by atoms with Gasteiger partial charge in [0, 0.05) is 19.6 Å². The monoisotopic (exact) mass is 426 g/mol. The van der Waals surface area contributed by atoms with Gasteiger partial charge >= 0.3 is 0 Å². The summed E-state index contributed by atoms with van der Waals surface area (Å²) in [4.78, 5) is 14.8. The summed E-state index contributed by atoms with van der Waals surface area (Å²) in [6, 6.07) is 9.94. The van der Waals surface area contributed by atoms with Crippen LogP contribution in [-0.4, -0.2) is 50.8 Å². The van der Waals surface area contributed by atoms with E-state index >= 15 is 0 Å². The second-order valence-electron chi connectivity index (χ2n) is 6.39. The van der Waals surface area contributed by atoms with Gasteiger partial charge in [-0.2, -0.15) is 0 Å². The first-order chi connectivity index (χ1) is 13.5. The summed E-state index contributed by atoms with van der Waals surface area (Å²) in [6.45, 7) is 3.11. The number of nitrogens with zero attached hydrogens (tertiary/aromatic N) is 1. The molecule has 8 heteroatoms. The lowest BCUT2D eigenvalue weighted by molar-refractivity contribution is 0.0162. The molecule has 1 saturated heterocycles. The van der Waals surface area contributed by atoms with E-state index in [1.54, 1.807) is 7.11 Å². The smallest absolute Gasteiger partial charge is 0.252 e. The van der Waals surface area contributed by atoms with E-state index in [4.69, 9.17) is 32.7 Å². The molecule has 0 spiro atoms. The van der Waals surface area contributed by atoms with Crippen molar-refractivity contribution in [3.8, 4) is 5.75 Å². The van der Waals surface area contributed by atoms with E-state index in [0.717, 1.165) is 30.5 Å². The van der Waals surface area contributed by atoms with Crippen molar-refractivity contribution < 1.29 is 18.7 Å². The molecule has 150 valence electrons. The van der Waals surface area contributed by atoms with Crippen LogP contribution in [0.25, 0.3) is 0 Å². The normalized spacial score (nSPS) is 15.9. The fourth-order valence-corrected chi connectivity index (χ4v) is 3.62. The van der Waals surface area contributed by atoms with Gasteiger partial charge in [-0.3, -0.25) is 9.69 Å². The Morgan fingerprint density at radius 3 is 2.54 bits per heavy atom. The van der Waals surface area contributed by atoms with Gasteiger partial charge in [-0.25, -0.2) is 4.39 Å². The van der Waals surface area contributed by atoms with Crippen molar-refractivity contribution in [3.63, 3.8) is 0 Å². The van der Waals surface area contributed by atoms with Crippen LogP contribution in [0.15, 0.2) is 36.4 Å². The molecular weight excluding hydrogens is 406 g/mol. The number of nitrogens with one attached hydrogen (secondary N) is 1. The fraction of sp³-hybridized carbons (Fsp3) is 0.350. The van der Waals surface area contributed by atoms with Gasteiger partial charge in [0.2, 0.25) is 0 Å². The molecule has 28 heavy (non-hydrogen) atoms. The minimum Gasteiger partial charge on any atom is -0.497 e. The van der Waals surface area contributed by atoms with Gasteiger partial charge in [-0.15, -0.1) is 0 Å². The van der Waals surface area contributed by atoms with Gasteiger partial charge in [0.15, 0.2) is 0 Å². The van der Waals surface area contributed by atoms with Crippen LogP contribution in [-0.2, 0) is 4.74 Å². The number of rotatable bonds is 6. The van der Waals surface area contributed by atoms with E-state index in [9.17, 15) is 9.18 Å². The van der Waals surface area contributed by atoms with Crippen LogP contribution in [0.1, 0.15) is 22.0 Å². The average molecular weight is 427 g/mol. The van der Waals surface area contributed by atoms with Crippen molar-refractivity contribution in [2.24, 2.45) is 0 Å². The number of amides is 1. The molecule has 0 bridgehead atoms.